The summed E-state index contributed by atoms with van der Waals surface area (Å²) in [7, 11) is 0. The first-order valence-corrected chi connectivity index (χ1v) is 6.99. The third-order valence-electron chi connectivity index (χ3n) is 3.60. The van der Waals surface area contributed by atoms with Gasteiger partial charge in [-0.2, -0.15) is 0 Å². The Labute approximate surface area is 113 Å². The lowest BCUT2D eigenvalue weighted by Gasteiger charge is -2.27. The van der Waals surface area contributed by atoms with Crippen molar-refractivity contribution in [3.05, 3.63) is 45.9 Å². The zero-order valence-electron chi connectivity index (χ0n) is 11.3. The van der Waals surface area contributed by atoms with E-state index >= 15 is 0 Å². The standard InChI is InChI=1S/C15H22N2O2/c18-11-5-2-6-14-13(7-8-16-15(14)19)12-17-9-3-1-4-10-17/h2,5,7-8,18H,1,3-4,6,9-12H2,(H,16,19). The number of hydrogen-bond acceptors (Lipinski definition) is 3. The molecule has 0 unspecified atom stereocenters. The van der Waals surface area contributed by atoms with Crippen LogP contribution in [0.25, 0.3) is 0 Å². The predicted molar refractivity (Wildman–Crippen MR) is 76.1 cm³/mol. The second-order valence-electron chi connectivity index (χ2n) is 5.01. The summed E-state index contributed by atoms with van der Waals surface area (Å²) in [5.41, 5.74) is 1.91. The number of allylic oxidation sites excluding steroid dienone is 1. The molecule has 1 aliphatic heterocycles. The van der Waals surface area contributed by atoms with Crippen LogP contribution in [0.1, 0.15) is 30.4 Å². The van der Waals surface area contributed by atoms with Crippen molar-refractivity contribution in [3.8, 4) is 0 Å². The van der Waals surface area contributed by atoms with Gasteiger partial charge in [0, 0.05) is 18.3 Å². The monoisotopic (exact) mass is 262 g/mol. The second kappa shape index (κ2) is 7.26. The fourth-order valence-electron chi connectivity index (χ4n) is 2.56. The molecule has 1 aromatic heterocycles. The Balaban J connectivity index is 2.11. The minimum absolute atomic E-state index is 0.0166. The first-order chi connectivity index (χ1) is 9.31. The summed E-state index contributed by atoms with van der Waals surface area (Å²) in [4.78, 5) is 17.1. The molecule has 2 heterocycles. The molecule has 0 bridgehead atoms. The molecular weight excluding hydrogens is 240 g/mol. The van der Waals surface area contributed by atoms with Crippen LogP contribution in [0.5, 0.6) is 0 Å². The van der Waals surface area contributed by atoms with E-state index in [1.54, 1.807) is 12.3 Å². The predicted octanol–water partition coefficient (Wildman–Crippen LogP) is 1.45. The van der Waals surface area contributed by atoms with E-state index in [0.29, 0.717) is 6.42 Å². The summed E-state index contributed by atoms with van der Waals surface area (Å²) in [6.07, 6.45) is 9.66. The van der Waals surface area contributed by atoms with Gasteiger partial charge in [-0.1, -0.05) is 18.6 Å². The van der Waals surface area contributed by atoms with Crippen molar-refractivity contribution in [1.29, 1.82) is 0 Å². The number of aromatic nitrogens is 1. The van der Waals surface area contributed by atoms with Crippen LogP contribution < -0.4 is 5.56 Å². The minimum atomic E-state index is -0.0166. The summed E-state index contributed by atoms with van der Waals surface area (Å²) in [6, 6.07) is 2.00. The number of H-pyrrole nitrogens is 1. The van der Waals surface area contributed by atoms with Crippen molar-refractivity contribution in [2.75, 3.05) is 19.7 Å². The number of hydrogen-bond donors (Lipinski definition) is 2. The molecule has 1 saturated heterocycles. The fourth-order valence-corrected chi connectivity index (χ4v) is 2.56. The van der Waals surface area contributed by atoms with E-state index in [1.807, 2.05) is 12.1 Å². The Morgan fingerprint density at radius 2 is 2.05 bits per heavy atom. The lowest BCUT2D eigenvalue weighted by Crippen LogP contribution is -2.30. The summed E-state index contributed by atoms with van der Waals surface area (Å²) < 4.78 is 0. The fraction of sp³-hybridized carbons (Fsp3) is 0.533. The van der Waals surface area contributed by atoms with Crippen LogP contribution in [0.2, 0.25) is 0 Å². The summed E-state index contributed by atoms with van der Waals surface area (Å²) in [6.45, 7) is 3.12. The normalized spacial score (nSPS) is 17.1. The van der Waals surface area contributed by atoms with Gasteiger partial charge in [-0.3, -0.25) is 9.69 Å². The van der Waals surface area contributed by atoms with Crippen LogP contribution in [-0.2, 0) is 13.0 Å². The van der Waals surface area contributed by atoms with Gasteiger partial charge in [-0.05, 0) is 44.0 Å². The molecule has 0 amide bonds. The summed E-state index contributed by atoms with van der Waals surface area (Å²) in [5.74, 6) is 0. The van der Waals surface area contributed by atoms with Gasteiger partial charge in [0.25, 0.3) is 5.56 Å². The molecule has 19 heavy (non-hydrogen) atoms. The first-order valence-electron chi connectivity index (χ1n) is 6.99. The molecule has 2 rings (SSSR count). The van der Waals surface area contributed by atoms with Crippen molar-refractivity contribution in [2.24, 2.45) is 0 Å². The first kappa shape index (κ1) is 14.0. The van der Waals surface area contributed by atoms with E-state index in [0.717, 1.165) is 30.8 Å². The molecule has 1 fully saturated rings. The molecule has 104 valence electrons. The Bertz CT molecular complexity index is 473. The number of nitrogens with zero attached hydrogens (tertiary/aromatic N) is 1. The molecule has 1 aromatic rings. The molecule has 0 atom stereocenters. The molecule has 0 aromatic carbocycles. The molecule has 0 spiro atoms. The van der Waals surface area contributed by atoms with Crippen LogP contribution >= 0.6 is 0 Å². The zero-order valence-corrected chi connectivity index (χ0v) is 11.3. The number of aliphatic hydroxyl groups is 1. The van der Waals surface area contributed by atoms with E-state index in [9.17, 15) is 4.79 Å². The van der Waals surface area contributed by atoms with E-state index < -0.39 is 0 Å². The van der Waals surface area contributed by atoms with Crippen LogP contribution in [0.3, 0.4) is 0 Å². The molecule has 0 saturated carbocycles. The number of aromatic amines is 1. The molecule has 4 heteroatoms. The van der Waals surface area contributed by atoms with Gasteiger partial charge in [0.15, 0.2) is 0 Å². The highest BCUT2D eigenvalue weighted by molar-refractivity contribution is 5.25. The Morgan fingerprint density at radius 3 is 2.79 bits per heavy atom. The largest absolute Gasteiger partial charge is 0.392 e. The number of nitrogens with one attached hydrogen (secondary N) is 1. The van der Waals surface area contributed by atoms with E-state index in [1.165, 1.54) is 19.3 Å². The highest BCUT2D eigenvalue weighted by atomic mass is 16.2. The lowest BCUT2D eigenvalue weighted by atomic mass is 10.0. The third-order valence-corrected chi connectivity index (χ3v) is 3.60. The van der Waals surface area contributed by atoms with Gasteiger partial charge in [0.1, 0.15) is 0 Å². The average molecular weight is 262 g/mol. The van der Waals surface area contributed by atoms with Crippen LogP contribution in [0, 0.1) is 0 Å². The summed E-state index contributed by atoms with van der Waals surface area (Å²) in [5, 5.41) is 8.76. The van der Waals surface area contributed by atoms with Crippen molar-refractivity contribution < 1.29 is 5.11 Å². The van der Waals surface area contributed by atoms with Crippen molar-refractivity contribution in [2.45, 2.75) is 32.2 Å². The number of piperidine rings is 1. The second-order valence-corrected chi connectivity index (χ2v) is 5.01. The van der Waals surface area contributed by atoms with Crippen LogP contribution in [-0.4, -0.2) is 34.7 Å². The number of likely N-dealkylation sites (tertiary alicyclic amines) is 1. The maximum atomic E-state index is 11.9. The Morgan fingerprint density at radius 1 is 1.26 bits per heavy atom. The van der Waals surface area contributed by atoms with E-state index in [4.69, 9.17) is 5.11 Å². The topological polar surface area (TPSA) is 56.3 Å². The molecule has 0 aliphatic carbocycles. The lowest BCUT2D eigenvalue weighted by molar-refractivity contribution is 0.220. The van der Waals surface area contributed by atoms with Gasteiger partial charge in [-0.15, -0.1) is 0 Å². The number of pyridine rings is 1. The third kappa shape index (κ3) is 4.04. The maximum Gasteiger partial charge on any atom is 0.251 e. The minimum Gasteiger partial charge on any atom is -0.392 e. The maximum absolute atomic E-state index is 11.9. The highest BCUT2D eigenvalue weighted by Gasteiger charge is 2.13. The Kier molecular flexibility index (Phi) is 5.36. The zero-order chi connectivity index (χ0) is 13.5. The average Bonchev–Trinajstić information content (AvgIpc) is 2.43. The molecular formula is C15H22N2O2. The molecule has 2 N–H and O–H groups in total. The summed E-state index contributed by atoms with van der Waals surface area (Å²) >= 11 is 0. The number of rotatable bonds is 5. The molecule has 0 radical (unpaired) electrons. The van der Waals surface area contributed by atoms with Gasteiger partial charge >= 0.3 is 0 Å². The van der Waals surface area contributed by atoms with Crippen molar-refractivity contribution >= 4 is 0 Å². The van der Waals surface area contributed by atoms with Crippen LogP contribution in [0.4, 0.5) is 0 Å². The van der Waals surface area contributed by atoms with Gasteiger partial charge in [0.2, 0.25) is 0 Å². The highest BCUT2D eigenvalue weighted by Crippen LogP contribution is 2.14. The SMILES string of the molecule is O=c1[nH]ccc(CN2CCCCC2)c1CC=CCO. The molecule has 1 aliphatic rings. The van der Waals surface area contributed by atoms with Crippen LogP contribution in [0.15, 0.2) is 29.2 Å². The number of aliphatic hydroxyl groups excluding tert-OH is 1. The van der Waals surface area contributed by atoms with Gasteiger partial charge in [0.05, 0.1) is 6.61 Å². The van der Waals surface area contributed by atoms with E-state index in [-0.39, 0.29) is 12.2 Å². The van der Waals surface area contributed by atoms with Crippen molar-refractivity contribution in [3.63, 3.8) is 0 Å². The van der Waals surface area contributed by atoms with E-state index in [2.05, 4.69) is 9.88 Å². The Hall–Kier alpha value is -1.39. The van der Waals surface area contributed by atoms with Gasteiger partial charge in [-0.25, -0.2) is 0 Å². The quantitative estimate of drug-likeness (QED) is 0.790. The smallest absolute Gasteiger partial charge is 0.251 e. The van der Waals surface area contributed by atoms with Gasteiger partial charge < -0.3 is 10.1 Å². The van der Waals surface area contributed by atoms with Crippen molar-refractivity contribution in [1.82, 2.24) is 9.88 Å². The molecule has 4 nitrogen and oxygen atoms in total.